The normalized spacial score (nSPS) is 10.4. The number of hydrogen-bond acceptors (Lipinski definition) is 4. The molecule has 3 rings (SSSR count). The third kappa shape index (κ3) is 3.98. The second kappa shape index (κ2) is 7.75. The Morgan fingerprint density at radius 1 is 1.26 bits per heavy atom. The molecule has 0 unspecified atom stereocenters. The zero-order valence-corrected chi connectivity index (χ0v) is 15.2. The number of amides is 1. The quantitative estimate of drug-likeness (QED) is 0.684. The van der Waals surface area contributed by atoms with Gasteiger partial charge in [-0.1, -0.05) is 12.0 Å². The smallest absolute Gasteiger partial charge is 0.258 e. The summed E-state index contributed by atoms with van der Waals surface area (Å²) in [7, 11) is 1.60. The molecule has 0 aliphatic carbocycles. The number of fused-ring (bicyclic) bond motifs is 1. The molecule has 2 aromatic carbocycles. The number of benzene rings is 2. The Labute approximate surface area is 157 Å². The van der Waals surface area contributed by atoms with Gasteiger partial charge in [0.25, 0.3) is 11.5 Å². The maximum absolute atomic E-state index is 12.2. The standard InChI is InChI=1S/C21H20N4O2/c1-4-11-25(17-8-6-16(7-9-17)20(26)22-3)13-15-5-10-19-18(12-15)21(27)24-14(2)23-19/h1,5-10,12H,11,13H2,2-3H3,(H,22,26)(H,23,24,27). The van der Waals surface area contributed by atoms with Crippen molar-refractivity contribution in [3.63, 3.8) is 0 Å². The minimum atomic E-state index is -0.155. The van der Waals surface area contributed by atoms with Crippen molar-refractivity contribution in [3.05, 3.63) is 69.8 Å². The fourth-order valence-electron chi connectivity index (χ4n) is 2.94. The van der Waals surface area contributed by atoms with Crippen LogP contribution in [0.5, 0.6) is 0 Å². The second-order valence-electron chi connectivity index (χ2n) is 6.19. The van der Waals surface area contributed by atoms with Crippen LogP contribution in [0.4, 0.5) is 5.69 Å². The lowest BCUT2D eigenvalue weighted by Crippen LogP contribution is -2.23. The van der Waals surface area contributed by atoms with Crippen molar-refractivity contribution in [2.24, 2.45) is 0 Å². The first-order valence-corrected chi connectivity index (χ1v) is 8.52. The van der Waals surface area contributed by atoms with Crippen LogP contribution in [0.25, 0.3) is 10.9 Å². The summed E-state index contributed by atoms with van der Waals surface area (Å²) < 4.78 is 0. The van der Waals surface area contributed by atoms with Crippen LogP contribution in [-0.4, -0.2) is 29.5 Å². The fourth-order valence-corrected chi connectivity index (χ4v) is 2.94. The van der Waals surface area contributed by atoms with Gasteiger partial charge in [0.1, 0.15) is 5.82 Å². The maximum atomic E-state index is 12.2. The van der Waals surface area contributed by atoms with E-state index in [0.29, 0.717) is 35.4 Å². The monoisotopic (exact) mass is 360 g/mol. The number of terminal acetylenes is 1. The molecule has 0 atom stereocenters. The van der Waals surface area contributed by atoms with E-state index in [1.54, 1.807) is 26.1 Å². The first-order valence-electron chi connectivity index (χ1n) is 8.52. The lowest BCUT2D eigenvalue weighted by molar-refractivity contribution is 0.0963. The van der Waals surface area contributed by atoms with Crippen LogP contribution in [-0.2, 0) is 6.54 Å². The number of carbonyl (C=O) groups excluding carboxylic acids is 1. The Morgan fingerprint density at radius 3 is 2.67 bits per heavy atom. The minimum Gasteiger partial charge on any atom is -0.356 e. The molecule has 0 bridgehead atoms. The Morgan fingerprint density at radius 2 is 2.00 bits per heavy atom. The summed E-state index contributed by atoms with van der Waals surface area (Å²) >= 11 is 0. The van der Waals surface area contributed by atoms with Gasteiger partial charge >= 0.3 is 0 Å². The molecule has 1 amide bonds. The van der Waals surface area contributed by atoms with Crippen molar-refractivity contribution in [2.75, 3.05) is 18.5 Å². The minimum absolute atomic E-state index is 0.137. The highest BCUT2D eigenvalue weighted by Crippen LogP contribution is 2.19. The van der Waals surface area contributed by atoms with Crippen LogP contribution in [0.2, 0.25) is 0 Å². The summed E-state index contributed by atoms with van der Waals surface area (Å²) in [5, 5.41) is 3.15. The summed E-state index contributed by atoms with van der Waals surface area (Å²) in [4.78, 5) is 33.0. The molecule has 3 aromatic rings. The summed E-state index contributed by atoms with van der Waals surface area (Å²) in [6.45, 7) is 2.69. The molecule has 0 radical (unpaired) electrons. The Bertz CT molecular complexity index is 1080. The van der Waals surface area contributed by atoms with E-state index < -0.39 is 0 Å². The molecule has 27 heavy (non-hydrogen) atoms. The zero-order chi connectivity index (χ0) is 19.4. The van der Waals surface area contributed by atoms with Gasteiger partial charge in [0, 0.05) is 24.8 Å². The Balaban J connectivity index is 1.90. The topological polar surface area (TPSA) is 78.1 Å². The summed E-state index contributed by atoms with van der Waals surface area (Å²) in [6, 6.07) is 12.9. The van der Waals surface area contributed by atoms with Gasteiger partial charge in [0.05, 0.1) is 17.4 Å². The number of anilines is 1. The number of rotatable bonds is 5. The van der Waals surface area contributed by atoms with Gasteiger partial charge in [-0.3, -0.25) is 9.59 Å². The van der Waals surface area contributed by atoms with Crippen LogP contribution < -0.4 is 15.8 Å². The molecule has 0 saturated carbocycles. The molecule has 0 spiro atoms. The van der Waals surface area contributed by atoms with Gasteiger partial charge < -0.3 is 15.2 Å². The first kappa shape index (κ1) is 18.2. The molecule has 1 heterocycles. The number of aryl methyl sites for hydroxylation is 1. The highest BCUT2D eigenvalue weighted by atomic mass is 16.1. The molecule has 136 valence electrons. The van der Waals surface area contributed by atoms with Crippen LogP contribution in [0, 0.1) is 19.3 Å². The number of H-pyrrole nitrogens is 1. The third-order valence-electron chi connectivity index (χ3n) is 4.27. The fraction of sp³-hybridized carbons (Fsp3) is 0.190. The highest BCUT2D eigenvalue weighted by Gasteiger charge is 2.10. The van der Waals surface area contributed by atoms with E-state index in [1.165, 1.54) is 0 Å². The van der Waals surface area contributed by atoms with E-state index in [9.17, 15) is 9.59 Å². The van der Waals surface area contributed by atoms with Crippen molar-refractivity contribution in [2.45, 2.75) is 13.5 Å². The lowest BCUT2D eigenvalue weighted by Gasteiger charge is -2.23. The SMILES string of the molecule is C#CCN(Cc1ccc2nc(C)[nH]c(=O)c2c1)c1ccc(C(=O)NC)cc1. The van der Waals surface area contributed by atoms with E-state index >= 15 is 0 Å². The molecule has 6 nitrogen and oxygen atoms in total. The number of hydrogen-bond donors (Lipinski definition) is 2. The number of carbonyl (C=O) groups is 1. The van der Waals surface area contributed by atoms with E-state index in [0.717, 1.165) is 11.3 Å². The average Bonchev–Trinajstić information content (AvgIpc) is 2.67. The van der Waals surface area contributed by atoms with Crippen LogP contribution in [0.15, 0.2) is 47.3 Å². The van der Waals surface area contributed by atoms with Crippen LogP contribution in [0.1, 0.15) is 21.7 Å². The summed E-state index contributed by atoms with van der Waals surface area (Å²) in [5.41, 5.74) is 2.94. The summed E-state index contributed by atoms with van der Waals surface area (Å²) in [6.07, 6.45) is 5.53. The van der Waals surface area contributed by atoms with Gasteiger partial charge in [-0.2, -0.15) is 0 Å². The van der Waals surface area contributed by atoms with E-state index in [-0.39, 0.29) is 11.5 Å². The first-order chi connectivity index (χ1) is 13.0. The Hall–Kier alpha value is -3.59. The lowest BCUT2D eigenvalue weighted by atomic mass is 10.1. The maximum Gasteiger partial charge on any atom is 0.258 e. The molecule has 6 heteroatoms. The largest absolute Gasteiger partial charge is 0.356 e. The van der Waals surface area contributed by atoms with E-state index in [1.807, 2.05) is 35.2 Å². The van der Waals surface area contributed by atoms with Crippen molar-refractivity contribution < 1.29 is 4.79 Å². The van der Waals surface area contributed by atoms with Gasteiger partial charge in [-0.15, -0.1) is 6.42 Å². The zero-order valence-electron chi connectivity index (χ0n) is 15.2. The predicted octanol–water partition coefficient (Wildman–Crippen LogP) is 2.23. The molecular formula is C21H20N4O2. The molecule has 0 aliphatic rings. The number of aromatic nitrogens is 2. The van der Waals surface area contributed by atoms with Crippen LogP contribution in [0.3, 0.4) is 0 Å². The molecular weight excluding hydrogens is 340 g/mol. The molecule has 0 aliphatic heterocycles. The summed E-state index contributed by atoms with van der Waals surface area (Å²) in [5.74, 6) is 3.11. The highest BCUT2D eigenvalue weighted by molar-refractivity contribution is 5.94. The van der Waals surface area contributed by atoms with Crippen LogP contribution >= 0.6 is 0 Å². The van der Waals surface area contributed by atoms with Gasteiger partial charge in [-0.25, -0.2) is 4.98 Å². The van der Waals surface area contributed by atoms with Crippen molar-refractivity contribution in [1.82, 2.24) is 15.3 Å². The average molecular weight is 360 g/mol. The predicted molar refractivity (Wildman–Crippen MR) is 107 cm³/mol. The number of nitrogens with one attached hydrogen (secondary N) is 2. The van der Waals surface area contributed by atoms with E-state index in [2.05, 4.69) is 21.2 Å². The van der Waals surface area contributed by atoms with Crippen molar-refractivity contribution in [1.29, 1.82) is 0 Å². The third-order valence-corrected chi connectivity index (χ3v) is 4.27. The van der Waals surface area contributed by atoms with Gasteiger partial charge in [0.15, 0.2) is 0 Å². The second-order valence-corrected chi connectivity index (χ2v) is 6.19. The molecule has 2 N–H and O–H groups in total. The van der Waals surface area contributed by atoms with E-state index in [4.69, 9.17) is 6.42 Å². The molecule has 0 saturated heterocycles. The Kier molecular flexibility index (Phi) is 5.23. The van der Waals surface area contributed by atoms with Crippen molar-refractivity contribution in [3.8, 4) is 12.3 Å². The molecule has 0 fully saturated rings. The molecule has 1 aromatic heterocycles. The van der Waals surface area contributed by atoms with Crippen molar-refractivity contribution >= 4 is 22.5 Å². The number of nitrogens with zero attached hydrogens (tertiary/aromatic N) is 2. The number of aromatic amines is 1. The van der Waals surface area contributed by atoms with Gasteiger partial charge in [-0.05, 0) is 48.9 Å². The van der Waals surface area contributed by atoms with Gasteiger partial charge in [0.2, 0.25) is 0 Å².